The summed E-state index contributed by atoms with van der Waals surface area (Å²) in [6.07, 6.45) is -3.40. The summed E-state index contributed by atoms with van der Waals surface area (Å²) in [4.78, 5) is 15.4. The maximum absolute atomic E-state index is 13.3. The maximum Gasteiger partial charge on any atom is 0.425 e. The van der Waals surface area contributed by atoms with E-state index in [0.29, 0.717) is 18.8 Å². The highest BCUT2D eigenvalue weighted by molar-refractivity contribution is 5.77. The van der Waals surface area contributed by atoms with Gasteiger partial charge in [-0.3, -0.25) is 4.79 Å². The van der Waals surface area contributed by atoms with E-state index in [1.54, 1.807) is 12.1 Å². The summed E-state index contributed by atoms with van der Waals surface area (Å²) < 4.78 is 46.5. The molecule has 0 fully saturated rings. The first-order valence-electron chi connectivity index (χ1n) is 7.95. The minimum atomic E-state index is -5.04. The standard InChI is InChI=1S/C17H20F3N3O3/c1-23-10-9-22-15(23)16(25,17(18,19)20)12-14(24)21-8-5-11-26-13-6-3-2-4-7-13/h2-4,6-7,9-10,25H,5,8,11-12H2,1H3,(H,21,24). The lowest BCUT2D eigenvalue weighted by atomic mass is 9.97. The molecule has 1 aromatic heterocycles. The molecule has 0 aliphatic heterocycles. The van der Waals surface area contributed by atoms with Crippen LogP contribution in [0.4, 0.5) is 13.2 Å². The fourth-order valence-corrected chi connectivity index (χ4v) is 2.37. The molecule has 1 aromatic carbocycles. The fourth-order valence-electron chi connectivity index (χ4n) is 2.37. The van der Waals surface area contributed by atoms with Gasteiger partial charge in [-0.05, 0) is 18.6 Å². The predicted octanol–water partition coefficient (Wildman–Crippen LogP) is 2.15. The largest absolute Gasteiger partial charge is 0.494 e. The molecule has 0 saturated carbocycles. The lowest BCUT2D eigenvalue weighted by Gasteiger charge is -2.29. The van der Waals surface area contributed by atoms with Gasteiger partial charge >= 0.3 is 6.18 Å². The summed E-state index contributed by atoms with van der Waals surface area (Å²) >= 11 is 0. The van der Waals surface area contributed by atoms with Crippen LogP contribution in [0.3, 0.4) is 0 Å². The first-order valence-corrected chi connectivity index (χ1v) is 7.95. The summed E-state index contributed by atoms with van der Waals surface area (Å²) in [6, 6.07) is 9.01. The highest BCUT2D eigenvalue weighted by Gasteiger charge is 2.58. The Morgan fingerprint density at radius 2 is 2.00 bits per heavy atom. The number of benzene rings is 1. The van der Waals surface area contributed by atoms with Crippen molar-refractivity contribution in [3.8, 4) is 5.75 Å². The molecule has 0 radical (unpaired) electrons. The number of hydrogen-bond donors (Lipinski definition) is 2. The first kappa shape index (κ1) is 19.8. The number of hydrogen-bond acceptors (Lipinski definition) is 4. The maximum atomic E-state index is 13.3. The predicted molar refractivity (Wildman–Crippen MR) is 87.3 cm³/mol. The molecule has 1 atom stereocenters. The van der Waals surface area contributed by atoms with Crippen LogP contribution in [0.1, 0.15) is 18.7 Å². The molecule has 1 heterocycles. The highest BCUT2D eigenvalue weighted by Crippen LogP contribution is 2.40. The number of nitrogens with one attached hydrogen (secondary N) is 1. The van der Waals surface area contributed by atoms with Gasteiger partial charge in [0.15, 0.2) is 5.82 Å². The molecule has 2 rings (SSSR count). The number of aromatic nitrogens is 2. The van der Waals surface area contributed by atoms with Crippen LogP contribution in [0.15, 0.2) is 42.7 Å². The van der Waals surface area contributed by atoms with Crippen LogP contribution in [-0.2, 0) is 17.4 Å². The number of imidazole rings is 1. The molecule has 0 aliphatic carbocycles. The van der Waals surface area contributed by atoms with Gasteiger partial charge in [-0.1, -0.05) is 18.2 Å². The molecule has 9 heteroatoms. The lowest BCUT2D eigenvalue weighted by molar-refractivity contribution is -0.271. The minimum absolute atomic E-state index is 0.125. The van der Waals surface area contributed by atoms with E-state index < -0.39 is 29.9 Å². The number of para-hydroxylation sites is 1. The second-order valence-corrected chi connectivity index (χ2v) is 5.76. The zero-order valence-electron chi connectivity index (χ0n) is 14.2. The van der Waals surface area contributed by atoms with Crippen molar-refractivity contribution >= 4 is 5.91 Å². The Morgan fingerprint density at radius 1 is 1.31 bits per heavy atom. The Morgan fingerprint density at radius 3 is 2.58 bits per heavy atom. The lowest BCUT2D eigenvalue weighted by Crippen LogP contribution is -2.48. The average molecular weight is 371 g/mol. The zero-order valence-corrected chi connectivity index (χ0v) is 14.2. The minimum Gasteiger partial charge on any atom is -0.494 e. The molecule has 142 valence electrons. The molecule has 2 N–H and O–H groups in total. The van der Waals surface area contributed by atoms with E-state index in [-0.39, 0.29) is 6.54 Å². The molecule has 0 bridgehead atoms. The highest BCUT2D eigenvalue weighted by atomic mass is 19.4. The SMILES string of the molecule is Cn1ccnc1C(O)(CC(=O)NCCCOc1ccccc1)C(F)(F)F. The molecule has 0 saturated heterocycles. The van der Waals surface area contributed by atoms with Crippen molar-refractivity contribution in [2.75, 3.05) is 13.2 Å². The van der Waals surface area contributed by atoms with Crippen molar-refractivity contribution < 1.29 is 27.8 Å². The Bertz CT molecular complexity index is 719. The van der Waals surface area contributed by atoms with Gasteiger partial charge in [0.1, 0.15) is 5.75 Å². The topological polar surface area (TPSA) is 76.4 Å². The van der Waals surface area contributed by atoms with Gasteiger partial charge in [-0.15, -0.1) is 0 Å². The average Bonchev–Trinajstić information content (AvgIpc) is 3.01. The van der Waals surface area contributed by atoms with Crippen LogP contribution in [-0.4, -0.2) is 39.9 Å². The Labute approximate surface area is 148 Å². The summed E-state index contributed by atoms with van der Waals surface area (Å²) in [5, 5.41) is 12.5. The van der Waals surface area contributed by atoms with Gasteiger partial charge in [0.25, 0.3) is 0 Å². The van der Waals surface area contributed by atoms with Crippen LogP contribution >= 0.6 is 0 Å². The van der Waals surface area contributed by atoms with Gasteiger partial charge < -0.3 is 19.7 Å². The van der Waals surface area contributed by atoms with Crippen molar-refractivity contribution in [3.05, 3.63) is 48.5 Å². The van der Waals surface area contributed by atoms with E-state index >= 15 is 0 Å². The third kappa shape index (κ3) is 4.75. The van der Waals surface area contributed by atoms with Crippen molar-refractivity contribution in [2.24, 2.45) is 7.05 Å². The summed E-state index contributed by atoms with van der Waals surface area (Å²) in [5.74, 6) is -0.889. The fraction of sp³-hybridized carbons (Fsp3) is 0.412. The monoisotopic (exact) mass is 371 g/mol. The van der Waals surface area contributed by atoms with Crippen LogP contribution in [0.25, 0.3) is 0 Å². The zero-order chi connectivity index (χ0) is 19.2. The normalized spacial score (nSPS) is 13.9. The molecule has 6 nitrogen and oxygen atoms in total. The molecule has 1 unspecified atom stereocenters. The second kappa shape index (κ2) is 8.22. The molecule has 0 aliphatic rings. The molecular formula is C17H20F3N3O3. The molecular weight excluding hydrogens is 351 g/mol. The Balaban J connectivity index is 1.85. The molecule has 26 heavy (non-hydrogen) atoms. The quantitative estimate of drug-likeness (QED) is 0.697. The van der Waals surface area contributed by atoms with E-state index in [2.05, 4.69) is 10.3 Å². The van der Waals surface area contributed by atoms with E-state index in [4.69, 9.17) is 4.74 Å². The van der Waals surface area contributed by atoms with Crippen LogP contribution in [0, 0.1) is 0 Å². The molecule has 0 spiro atoms. The van der Waals surface area contributed by atoms with Gasteiger partial charge in [-0.25, -0.2) is 4.98 Å². The first-order chi connectivity index (χ1) is 12.2. The number of alkyl halides is 3. The molecule has 2 aromatic rings. The van der Waals surface area contributed by atoms with E-state index in [0.717, 1.165) is 10.8 Å². The van der Waals surface area contributed by atoms with Crippen LogP contribution < -0.4 is 10.1 Å². The number of aliphatic hydroxyl groups is 1. The van der Waals surface area contributed by atoms with E-state index in [1.165, 1.54) is 13.2 Å². The number of rotatable bonds is 8. The number of aryl methyl sites for hydroxylation is 1. The third-order valence-corrected chi connectivity index (χ3v) is 3.73. The van der Waals surface area contributed by atoms with Crippen molar-refractivity contribution in [3.63, 3.8) is 0 Å². The smallest absolute Gasteiger partial charge is 0.425 e. The number of carbonyl (C=O) groups is 1. The number of ether oxygens (including phenoxy) is 1. The number of nitrogens with zero attached hydrogens (tertiary/aromatic N) is 2. The number of halogens is 3. The molecule has 1 amide bonds. The van der Waals surface area contributed by atoms with E-state index in [1.807, 2.05) is 18.2 Å². The van der Waals surface area contributed by atoms with Gasteiger partial charge in [0, 0.05) is 26.0 Å². The number of amides is 1. The van der Waals surface area contributed by atoms with Crippen molar-refractivity contribution in [1.29, 1.82) is 0 Å². The van der Waals surface area contributed by atoms with Crippen molar-refractivity contribution in [1.82, 2.24) is 14.9 Å². The van der Waals surface area contributed by atoms with Gasteiger partial charge in [0.2, 0.25) is 11.5 Å². The third-order valence-electron chi connectivity index (χ3n) is 3.73. The Hall–Kier alpha value is -2.55. The van der Waals surface area contributed by atoms with Crippen LogP contribution in [0.2, 0.25) is 0 Å². The van der Waals surface area contributed by atoms with Gasteiger partial charge in [-0.2, -0.15) is 13.2 Å². The number of carbonyl (C=O) groups excluding carboxylic acids is 1. The van der Waals surface area contributed by atoms with Gasteiger partial charge in [0.05, 0.1) is 13.0 Å². The summed E-state index contributed by atoms with van der Waals surface area (Å²) in [5.41, 5.74) is -3.35. The van der Waals surface area contributed by atoms with Crippen molar-refractivity contribution in [2.45, 2.75) is 24.6 Å². The summed E-state index contributed by atoms with van der Waals surface area (Å²) in [7, 11) is 1.32. The summed E-state index contributed by atoms with van der Waals surface area (Å²) in [6.45, 7) is 0.424. The van der Waals surface area contributed by atoms with E-state index in [9.17, 15) is 23.1 Å². The Kier molecular flexibility index (Phi) is 6.25. The van der Waals surface area contributed by atoms with Crippen LogP contribution in [0.5, 0.6) is 5.75 Å². The second-order valence-electron chi connectivity index (χ2n) is 5.76.